The Balaban J connectivity index is 2.64. The fourth-order valence-electron chi connectivity index (χ4n) is 1.33. The quantitative estimate of drug-likeness (QED) is 0.656. The Labute approximate surface area is 98.2 Å². The predicted octanol–water partition coefficient (Wildman–Crippen LogP) is 1.73. The van der Waals surface area contributed by atoms with Crippen LogP contribution in [0.25, 0.3) is 0 Å². The molecule has 1 aromatic heterocycles. The average Bonchev–Trinajstić information content (AvgIpc) is 2.60. The van der Waals surface area contributed by atoms with Gasteiger partial charge in [-0.15, -0.1) is 0 Å². The SMILES string of the molecule is CCn1nc(C)cc1C(=O)NCCCBr. The van der Waals surface area contributed by atoms with Crippen LogP contribution in [0.5, 0.6) is 0 Å². The molecule has 0 aliphatic rings. The summed E-state index contributed by atoms with van der Waals surface area (Å²) in [4.78, 5) is 11.7. The third kappa shape index (κ3) is 3.34. The van der Waals surface area contributed by atoms with Crippen LogP contribution in [0.2, 0.25) is 0 Å². The monoisotopic (exact) mass is 273 g/mol. The van der Waals surface area contributed by atoms with E-state index in [1.54, 1.807) is 4.68 Å². The predicted molar refractivity (Wildman–Crippen MR) is 63.4 cm³/mol. The van der Waals surface area contributed by atoms with Crippen molar-refractivity contribution < 1.29 is 4.79 Å². The highest BCUT2D eigenvalue weighted by atomic mass is 79.9. The summed E-state index contributed by atoms with van der Waals surface area (Å²) in [5, 5.41) is 7.99. The summed E-state index contributed by atoms with van der Waals surface area (Å²) < 4.78 is 1.72. The van der Waals surface area contributed by atoms with E-state index in [1.165, 1.54) is 0 Å². The Hall–Kier alpha value is -0.840. The van der Waals surface area contributed by atoms with E-state index in [2.05, 4.69) is 26.3 Å². The van der Waals surface area contributed by atoms with E-state index in [0.717, 1.165) is 24.0 Å². The summed E-state index contributed by atoms with van der Waals surface area (Å²) in [5.74, 6) is -0.0431. The standard InChI is InChI=1S/C10H16BrN3O/c1-3-14-9(7-8(2)13-14)10(15)12-6-4-5-11/h7H,3-6H2,1-2H3,(H,12,15). The largest absolute Gasteiger partial charge is 0.351 e. The van der Waals surface area contributed by atoms with Crippen molar-refractivity contribution in [2.45, 2.75) is 26.8 Å². The lowest BCUT2D eigenvalue weighted by atomic mass is 10.3. The zero-order valence-corrected chi connectivity index (χ0v) is 10.7. The number of hydrogen-bond acceptors (Lipinski definition) is 2. The number of halogens is 1. The van der Waals surface area contributed by atoms with Crippen LogP contribution in [-0.4, -0.2) is 27.6 Å². The van der Waals surface area contributed by atoms with E-state index in [9.17, 15) is 4.79 Å². The van der Waals surface area contributed by atoms with Crippen molar-refractivity contribution in [1.29, 1.82) is 0 Å². The number of aryl methyl sites for hydroxylation is 2. The molecule has 1 amide bonds. The second-order valence-corrected chi connectivity index (χ2v) is 4.08. The number of carbonyl (C=O) groups excluding carboxylic acids is 1. The van der Waals surface area contributed by atoms with Gasteiger partial charge in [-0.2, -0.15) is 5.10 Å². The highest BCUT2D eigenvalue weighted by Crippen LogP contribution is 2.03. The van der Waals surface area contributed by atoms with Crippen molar-refractivity contribution in [2.24, 2.45) is 0 Å². The van der Waals surface area contributed by atoms with Crippen LogP contribution >= 0.6 is 15.9 Å². The van der Waals surface area contributed by atoms with Crippen molar-refractivity contribution in [3.63, 3.8) is 0 Å². The summed E-state index contributed by atoms with van der Waals surface area (Å²) in [5.41, 5.74) is 1.52. The van der Waals surface area contributed by atoms with Gasteiger partial charge in [0.15, 0.2) is 0 Å². The van der Waals surface area contributed by atoms with Crippen molar-refractivity contribution in [3.8, 4) is 0 Å². The Kier molecular flexibility index (Phi) is 4.81. The van der Waals surface area contributed by atoms with E-state index in [0.29, 0.717) is 12.2 Å². The topological polar surface area (TPSA) is 46.9 Å². The normalized spacial score (nSPS) is 10.3. The number of aromatic nitrogens is 2. The third-order valence-electron chi connectivity index (χ3n) is 2.03. The Morgan fingerprint density at radius 1 is 1.67 bits per heavy atom. The first-order valence-electron chi connectivity index (χ1n) is 5.07. The molecule has 0 spiro atoms. The molecule has 0 saturated carbocycles. The lowest BCUT2D eigenvalue weighted by molar-refractivity contribution is 0.0943. The summed E-state index contributed by atoms with van der Waals surface area (Å²) in [6, 6.07) is 1.81. The highest BCUT2D eigenvalue weighted by Gasteiger charge is 2.11. The number of alkyl halides is 1. The Morgan fingerprint density at radius 3 is 3.00 bits per heavy atom. The van der Waals surface area contributed by atoms with Crippen LogP contribution in [0, 0.1) is 6.92 Å². The van der Waals surface area contributed by atoms with E-state index in [4.69, 9.17) is 0 Å². The molecule has 0 atom stereocenters. The Morgan fingerprint density at radius 2 is 2.40 bits per heavy atom. The van der Waals surface area contributed by atoms with Gasteiger partial charge in [0.2, 0.25) is 0 Å². The number of carbonyl (C=O) groups is 1. The van der Waals surface area contributed by atoms with Gasteiger partial charge in [0.05, 0.1) is 5.69 Å². The molecule has 0 unspecified atom stereocenters. The van der Waals surface area contributed by atoms with Crippen molar-refractivity contribution in [2.75, 3.05) is 11.9 Å². The number of rotatable bonds is 5. The summed E-state index contributed by atoms with van der Waals surface area (Å²) in [6.45, 7) is 5.27. The van der Waals surface area contributed by atoms with Crippen LogP contribution in [-0.2, 0) is 6.54 Å². The molecular weight excluding hydrogens is 258 g/mol. The molecule has 1 N–H and O–H groups in total. The molecule has 0 fully saturated rings. The van der Waals surface area contributed by atoms with E-state index in [1.807, 2.05) is 19.9 Å². The van der Waals surface area contributed by atoms with Gasteiger partial charge in [-0.05, 0) is 26.3 Å². The zero-order chi connectivity index (χ0) is 11.3. The van der Waals surface area contributed by atoms with E-state index in [-0.39, 0.29) is 5.91 Å². The van der Waals surface area contributed by atoms with Crippen molar-refractivity contribution in [3.05, 3.63) is 17.5 Å². The minimum Gasteiger partial charge on any atom is -0.351 e. The maximum atomic E-state index is 11.7. The van der Waals surface area contributed by atoms with Crippen LogP contribution in [0.4, 0.5) is 0 Å². The minimum absolute atomic E-state index is 0.0431. The minimum atomic E-state index is -0.0431. The maximum Gasteiger partial charge on any atom is 0.269 e. The first kappa shape index (κ1) is 12.2. The van der Waals surface area contributed by atoms with Crippen molar-refractivity contribution in [1.82, 2.24) is 15.1 Å². The van der Waals surface area contributed by atoms with E-state index >= 15 is 0 Å². The van der Waals surface area contributed by atoms with E-state index < -0.39 is 0 Å². The van der Waals surface area contributed by atoms with Gasteiger partial charge < -0.3 is 5.32 Å². The number of nitrogens with one attached hydrogen (secondary N) is 1. The molecule has 1 heterocycles. The van der Waals surface area contributed by atoms with Gasteiger partial charge in [-0.25, -0.2) is 0 Å². The number of amides is 1. The number of nitrogens with zero attached hydrogens (tertiary/aromatic N) is 2. The zero-order valence-electron chi connectivity index (χ0n) is 9.09. The van der Waals surface area contributed by atoms with Gasteiger partial charge in [0.1, 0.15) is 5.69 Å². The number of hydrogen-bond donors (Lipinski definition) is 1. The molecule has 1 rings (SSSR count). The molecule has 0 aliphatic heterocycles. The third-order valence-corrected chi connectivity index (χ3v) is 2.59. The smallest absolute Gasteiger partial charge is 0.269 e. The first-order chi connectivity index (χ1) is 7.19. The fourth-order valence-corrected chi connectivity index (χ4v) is 1.61. The average molecular weight is 274 g/mol. The molecule has 1 aromatic rings. The fraction of sp³-hybridized carbons (Fsp3) is 0.600. The molecule has 15 heavy (non-hydrogen) atoms. The summed E-state index contributed by atoms with van der Waals surface area (Å²) in [6.07, 6.45) is 0.936. The highest BCUT2D eigenvalue weighted by molar-refractivity contribution is 9.09. The molecule has 0 bridgehead atoms. The molecular formula is C10H16BrN3O. The maximum absolute atomic E-state index is 11.7. The van der Waals surface area contributed by atoms with Crippen molar-refractivity contribution >= 4 is 21.8 Å². The summed E-state index contributed by atoms with van der Waals surface area (Å²) in [7, 11) is 0. The van der Waals surface area contributed by atoms with Gasteiger partial charge in [-0.1, -0.05) is 15.9 Å². The van der Waals surface area contributed by atoms with Crippen LogP contribution in [0.1, 0.15) is 29.5 Å². The lowest BCUT2D eigenvalue weighted by Gasteiger charge is -2.05. The first-order valence-corrected chi connectivity index (χ1v) is 6.19. The van der Waals surface area contributed by atoms with Gasteiger partial charge in [-0.3, -0.25) is 9.48 Å². The summed E-state index contributed by atoms with van der Waals surface area (Å²) >= 11 is 3.32. The van der Waals surface area contributed by atoms with Crippen LogP contribution in [0.15, 0.2) is 6.07 Å². The molecule has 0 aromatic carbocycles. The molecule has 0 aliphatic carbocycles. The molecule has 0 saturated heterocycles. The second kappa shape index (κ2) is 5.90. The van der Waals surface area contributed by atoms with Crippen LogP contribution < -0.4 is 5.32 Å². The van der Waals surface area contributed by atoms with Gasteiger partial charge in [0, 0.05) is 18.4 Å². The van der Waals surface area contributed by atoms with Gasteiger partial charge in [0.25, 0.3) is 5.91 Å². The molecule has 4 nitrogen and oxygen atoms in total. The molecule has 5 heteroatoms. The second-order valence-electron chi connectivity index (χ2n) is 3.29. The molecule has 0 radical (unpaired) electrons. The van der Waals surface area contributed by atoms with Gasteiger partial charge >= 0.3 is 0 Å². The lowest BCUT2D eigenvalue weighted by Crippen LogP contribution is -2.27. The van der Waals surface area contributed by atoms with Crippen LogP contribution in [0.3, 0.4) is 0 Å². The Bertz CT molecular complexity index is 335. The molecule has 84 valence electrons.